The smallest absolute Gasteiger partial charge is 0.266 e. The van der Waals surface area contributed by atoms with Crippen LogP contribution in [-0.2, 0) is 11.3 Å². The third kappa shape index (κ3) is 3.41. The molecule has 3 aliphatic heterocycles. The predicted octanol–water partition coefficient (Wildman–Crippen LogP) is 4.52. The summed E-state index contributed by atoms with van der Waals surface area (Å²) in [5.74, 6) is 2.18. The van der Waals surface area contributed by atoms with Crippen LogP contribution in [0, 0.1) is 0 Å². The third-order valence-electron chi connectivity index (χ3n) is 4.96. The molecule has 5 nitrogen and oxygen atoms in total. The Hall–Kier alpha value is -2.77. The van der Waals surface area contributed by atoms with Crippen LogP contribution < -0.4 is 14.2 Å². The molecule has 0 aromatic heterocycles. The summed E-state index contributed by atoms with van der Waals surface area (Å²) in [6.07, 6.45) is 3.82. The van der Waals surface area contributed by atoms with Crippen molar-refractivity contribution in [3.8, 4) is 17.2 Å². The number of thiocarbonyl (C=S) groups is 1. The second-order valence-electron chi connectivity index (χ2n) is 6.90. The van der Waals surface area contributed by atoms with Crippen LogP contribution in [0.1, 0.15) is 18.1 Å². The van der Waals surface area contributed by atoms with Crippen molar-refractivity contribution in [2.75, 3.05) is 6.79 Å². The summed E-state index contributed by atoms with van der Waals surface area (Å²) < 4.78 is 17.3. The van der Waals surface area contributed by atoms with E-state index in [0.717, 1.165) is 28.2 Å². The minimum atomic E-state index is -0.137. The zero-order valence-corrected chi connectivity index (χ0v) is 17.2. The first kappa shape index (κ1) is 18.3. The summed E-state index contributed by atoms with van der Waals surface area (Å²) in [6, 6.07) is 13.5. The largest absolute Gasteiger partial charge is 0.485 e. The number of rotatable bonds is 3. The summed E-state index contributed by atoms with van der Waals surface area (Å²) in [7, 11) is 0. The van der Waals surface area contributed by atoms with E-state index in [9.17, 15) is 4.79 Å². The maximum Gasteiger partial charge on any atom is 0.266 e. The number of hydrogen-bond donors (Lipinski definition) is 0. The molecule has 1 amide bonds. The zero-order chi connectivity index (χ0) is 20.0. The second kappa shape index (κ2) is 7.24. The van der Waals surface area contributed by atoms with E-state index in [1.165, 1.54) is 11.8 Å². The van der Waals surface area contributed by atoms with Crippen molar-refractivity contribution in [1.29, 1.82) is 0 Å². The number of hydrogen-bond acceptors (Lipinski definition) is 6. The maximum atomic E-state index is 13.0. The van der Waals surface area contributed by atoms with Crippen molar-refractivity contribution in [2.45, 2.75) is 19.6 Å². The highest BCUT2D eigenvalue weighted by molar-refractivity contribution is 8.26. The first-order chi connectivity index (χ1) is 14.1. The Bertz CT molecular complexity index is 1090. The average molecular weight is 424 g/mol. The summed E-state index contributed by atoms with van der Waals surface area (Å²) in [4.78, 5) is 15.2. The van der Waals surface area contributed by atoms with Crippen molar-refractivity contribution >= 4 is 40.3 Å². The molecule has 1 fully saturated rings. The molecule has 5 rings (SSSR count). The van der Waals surface area contributed by atoms with Gasteiger partial charge in [-0.3, -0.25) is 9.69 Å². The summed E-state index contributed by atoms with van der Waals surface area (Å²) in [5, 5.41) is 0. The molecule has 7 heteroatoms. The summed E-state index contributed by atoms with van der Waals surface area (Å²) in [6.45, 7) is 2.60. The van der Waals surface area contributed by atoms with Gasteiger partial charge in [0, 0.05) is 5.56 Å². The molecular weight excluding hydrogens is 406 g/mol. The van der Waals surface area contributed by atoms with Crippen LogP contribution in [0.5, 0.6) is 17.2 Å². The SMILES string of the molecule is CC1Oc2ccccc2C=C1/C=C1\SC(=S)N(Cc2ccc3c(c2)OCO3)C1=O. The van der Waals surface area contributed by atoms with Gasteiger partial charge in [0.25, 0.3) is 5.91 Å². The van der Waals surface area contributed by atoms with Crippen molar-refractivity contribution < 1.29 is 19.0 Å². The molecule has 2 aromatic rings. The molecule has 146 valence electrons. The lowest BCUT2D eigenvalue weighted by atomic mass is 10.0. The normalized spacial score (nSPS) is 21.3. The first-order valence-corrected chi connectivity index (χ1v) is 10.4. The van der Waals surface area contributed by atoms with Crippen LogP contribution in [0.4, 0.5) is 0 Å². The van der Waals surface area contributed by atoms with Crippen LogP contribution in [0.2, 0.25) is 0 Å². The highest BCUT2D eigenvalue weighted by Crippen LogP contribution is 2.37. The fourth-order valence-corrected chi connectivity index (χ4v) is 4.69. The average Bonchev–Trinajstić information content (AvgIpc) is 3.28. The van der Waals surface area contributed by atoms with E-state index in [1.807, 2.05) is 55.5 Å². The molecule has 0 saturated carbocycles. The van der Waals surface area contributed by atoms with Gasteiger partial charge in [0.1, 0.15) is 16.2 Å². The van der Waals surface area contributed by atoms with Gasteiger partial charge in [0.2, 0.25) is 6.79 Å². The number of benzene rings is 2. The van der Waals surface area contributed by atoms with Crippen LogP contribution in [0.3, 0.4) is 0 Å². The van der Waals surface area contributed by atoms with E-state index in [0.29, 0.717) is 21.5 Å². The number of nitrogens with zero attached hydrogens (tertiary/aromatic N) is 1. The Kier molecular flexibility index (Phi) is 4.56. The van der Waals surface area contributed by atoms with Gasteiger partial charge in [-0.25, -0.2) is 0 Å². The van der Waals surface area contributed by atoms with Crippen molar-refractivity contribution in [3.63, 3.8) is 0 Å². The lowest BCUT2D eigenvalue weighted by molar-refractivity contribution is -0.122. The van der Waals surface area contributed by atoms with Crippen LogP contribution in [0.25, 0.3) is 6.08 Å². The molecule has 1 saturated heterocycles. The van der Waals surface area contributed by atoms with Gasteiger partial charge in [0.05, 0.1) is 11.4 Å². The molecule has 0 N–H and O–H groups in total. The molecule has 1 atom stereocenters. The summed E-state index contributed by atoms with van der Waals surface area (Å²) >= 11 is 6.79. The van der Waals surface area contributed by atoms with Crippen molar-refractivity contribution in [3.05, 3.63) is 70.1 Å². The quantitative estimate of drug-likeness (QED) is 0.534. The van der Waals surface area contributed by atoms with Gasteiger partial charge in [-0.05, 0) is 48.4 Å². The van der Waals surface area contributed by atoms with E-state index in [1.54, 1.807) is 4.90 Å². The standard InChI is InChI=1S/C22H17NO4S2/c1-13-16(9-15-4-2-3-5-17(15)27-13)10-20-21(24)23(22(28)29-20)11-14-6-7-18-19(8-14)26-12-25-18/h2-10,13H,11-12H2,1H3/b20-10-. The number of para-hydroxylation sites is 1. The Labute approximate surface area is 177 Å². The predicted molar refractivity (Wildman–Crippen MR) is 116 cm³/mol. The molecule has 0 aliphatic carbocycles. The van der Waals surface area contributed by atoms with Crippen molar-refractivity contribution in [1.82, 2.24) is 4.90 Å². The Morgan fingerprint density at radius 1 is 1.17 bits per heavy atom. The second-order valence-corrected chi connectivity index (χ2v) is 8.57. The van der Waals surface area contributed by atoms with Gasteiger partial charge in [-0.2, -0.15) is 0 Å². The summed E-state index contributed by atoms with van der Waals surface area (Å²) in [5.41, 5.74) is 2.90. The first-order valence-electron chi connectivity index (χ1n) is 9.20. The van der Waals surface area contributed by atoms with Gasteiger partial charge >= 0.3 is 0 Å². The van der Waals surface area contributed by atoms with E-state index in [4.69, 9.17) is 26.4 Å². The van der Waals surface area contributed by atoms with Crippen molar-refractivity contribution in [2.24, 2.45) is 0 Å². The molecule has 29 heavy (non-hydrogen) atoms. The highest BCUT2D eigenvalue weighted by Gasteiger charge is 2.33. The number of thioether (sulfide) groups is 1. The topological polar surface area (TPSA) is 48.0 Å². The minimum Gasteiger partial charge on any atom is -0.485 e. The lowest BCUT2D eigenvalue weighted by Gasteiger charge is -2.23. The van der Waals surface area contributed by atoms with Gasteiger partial charge in [-0.1, -0.05) is 48.2 Å². The number of fused-ring (bicyclic) bond motifs is 2. The van der Waals surface area contributed by atoms with Crippen LogP contribution >= 0.6 is 24.0 Å². The molecule has 0 spiro atoms. The third-order valence-corrected chi connectivity index (χ3v) is 6.34. The van der Waals surface area contributed by atoms with E-state index < -0.39 is 0 Å². The Morgan fingerprint density at radius 3 is 2.90 bits per heavy atom. The minimum absolute atomic E-state index is 0.0929. The van der Waals surface area contributed by atoms with Gasteiger partial charge in [-0.15, -0.1) is 0 Å². The molecule has 0 bridgehead atoms. The molecule has 3 heterocycles. The van der Waals surface area contributed by atoms with Crippen LogP contribution in [0.15, 0.2) is 59.0 Å². The molecule has 1 unspecified atom stereocenters. The fourth-order valence-electron chi connectivity index (χ4n) is 3.43. The highest BCUT2D eigenvalue weighted by atomic mass is 32.2. The zero-order valence-electron chi connectivity index (χ0n) is 15.6. The van der Waals surface area contributed by atoms with E-state index in [-0.39, 0.29) is 18.8 Å². The fraction of sp³-hybridized carbons (Fsp3) is 0.182. The van der Waals surface area contributed by atoms with Gasteiger partial charge < -0.3 is 14.2 Å². The lowest BCUT2D eigenvalue weighted by Crippen LogP contribution is -2.27. The molecule has 2 aromatic carbocycles. The van der Waals surface area contributed by atoms with Crippen LogP contribution in [-0.4, -0.2) is 28.0 Å². The number of amides is 1. The number of carbonyl (C=O) groups is 1. The number of ether oxygens (including phenoxy) is 3. The Balaban J connectivity index is 1.38. The Morgan fingerprint density at radius 2 is 2.00 bits per heavy atom. The maximum absolute atomic E-state index is 13.0. The molecular formula is C22H17NO4S2. The van der Waals surface area contributed by atoms with E-state index in [2.05, 4.69) is 6.08 Å². The monoisotopic (exact) mass is 423 g/mol. The molecule has 0 radical (unpaired) electrons. The number of carbonyl (C=O) groups excluding carboxylic acids is 1. The molecule has 3 aliphatic rings. The van der Waals surface area contributed by atoms with Gasteiger partial charge in [0.15, 0.2) is 11.5 Å². The van der Waals surface area contributed by atoms with E-state index >= 15 is 0 Å².